The van der Waals surface area contributed by atoms with Crippen LogP contribution in [0.3, 0.4) is 0 Å². The van der Waals surface area contributed by atoms with Crippen molar-refractivity contribution in [1.29, 1.82) is 0 Å². The summed E-state index contributed by atoms with van der Waals surface area (Å²) in [6, 6.07) is 0.475. The zero-order valence-corrected chi connectivity index (χ0v) is 5.35. The molecular formula is C6H11NO. The molecule has 2 nitrogen and oxygen atoms in total. The number of hydrogen-bond acceptors (Lipinski definition) is 2. The molecule has 1 fully saturated rings. The van der Waals surface area contributed by atoms with Gasteiger partial charge in [0.1, 0.15) is 5.78 Å². The molecule has 0 N–H and O–H groups in total. The Bertz CT molecular complexity index is 99.1. The molecule has 0 aromatic carbocycles. The Morgan fingerprint density at radius 1 is 1.75 bits per heavy atom. The van der Waals surface area contributed by atoms with Crippen LogP contribution in [0.4, 0.5) is 0 Å². The maximum absolute atomic E-state index is 10.6. The van der Waals surface area contributed by atoms with E-state index in [0.717, 1.165) is 6.42 Å². The van der Waals surface area contributed by atoms with Crippen molar-refractivity contribution in [3.8, 4) is 0 Å². The van der Waals surface area contributed by atoms with E-state index in [-0.39, 0.29) is 0 Å². The average molecular weight is 113 g/mol. The normalized spacial score (nSPS) is 31.8. The Kier molecular flexibility index (Phi) is 1.34. The van der Waals surface area contributed by atoms with Crippen LogP contribution in [-0.4, -0.2) is 30.3 Å². The Balaban J connectivity index is 2.51. The second kappa shape index (κ2) is 1.86. The van der Waals surface area contributed by atoms with Crippen LogP contribution in [0.5, 0.6) is 0 Å². The first kappa shape index (κ1) is 5.76. The van der Waals surface area contributed by atoms with Gasteiger partial charge < -0.3 is 0 Å². The van der Waals surface area contributed by atoms with Gasteiger partial charge in [-0.15, -0.1) is 0 Å². The molecule has 1 heterocycles. The van der Waals surface area contributed by atoms with Gasteiger partial charge in [-0.05, 0) is 14.0 Å². The molecule has 46 valence electrons. The molecule has 1 aliphatic heterocycles. The predicted molar refractivity (Wildman–Crippen MR) is 31.7 cm³/mol. The number of Topliss-reactive ketones (excluding diaryl/α,β-unsaturated/α-hetero) is 1. The summed E-state index contributed by atoms with van der Waals surface area (Å²) in [4.78, 5) is 12.7. The predicted octanol–water partition coefficient (Wildman–Crippen LogP) is 0.280. The first-order valence-corrected chi connectivity index (χ1v) is 2.92. The van der Waals surface area contributed by atoms with Crippen molar-refractivity contribution in [3.63, 3.8) is 0 Å². The lowest BCUT2D eigenvalue weighted by Gasteiger charge is -2.10. The minimum absolute atomic E-state index is 0.375. The molecule has 0 saturated carbocycles. The van der Waals surface area contributed by atoms with E-state index in [1.54, 1.807) is 0 Å². The van der Waals surface area contributed by atoms with Gasteiger partial charge in [-0.2, -0.15) is 0 Å². The highest BCUT2D eigenvalue weighted by molar-refractivity contribution is 5.83. The standard InChI is InChI=1S/C6H11NO/c1-5-3-6(8)4-7(5)2/h5H,3-4H2,1-2H3/t5-/m0/s1. The number of likely N-dealkylation sites (tertiary alicyclic amines) is 1. The van der Waals surface area contributed by atoms with Crippen LogP contribution >= 0.6 is 0 Å². The molecule has 8 heavy (non-hydrogen) atoms. The van der Waals surface area contributed by atoms with E-state index in [1.807, 2.05) is 7.05 Å². The van der Waals surface area contributed by atoms with Crippen molar-refractivity contribution < 1.29 is 4.79 Å². The summed E-state index contributed by atoms with van der Waals surface area (Å²) in [6.07, 6.45) is 0.747. The smallest absolute Gasteiger partial charge is 0.148 e. The summed E-state index contributed by atoms with van der Waals surface area (Å²) in [5.41, 5.74) is 0. The first-order chi connectivity index (χ1) is 3.70. The monoisotopic (exact) mass is 113 g/mol. The summed E-state index contributed by atoms with van der Waals surface area (Å²) in [7, 11) is 1.98. The van der Waals surface area contributed by atoms with E-state index in [4.69, 9.17) is 0 Å². The van der Waals surface area contributed by atoms with Gasteiger partial charge in [0.15, 0.2) is 0 Å². The first-order valence-electron chi connectivity index (χ1n) is 2.92. The highest BCUT2D eigenvalue weighted by atomic mass is 16.1. The van der Waals surface area contributed by atoms with Crippen molar-refractivity contribution in [2.24, 2.45) is 0 Å². The SMILES string of the molecule is C[C@H]1CC(=O)CN1C. The van der Waals surface area contributed by atoms with E-state index in [1.165, 1.54) is 0 Å². The number of carbonyl (C=O) groups is 1. The molecule has 0 bridgehead atoms. The second-order valence-electron chi connectivity index (χ2n) is 2.51. The summed E-state index contributed by atoms with van der Waals surface area (Å²) < 4.78 is 0. The second-order valence-corrected chi connectivity index (χ2v) is 2.51. The van der Waals surface area contributed by atoms with Crippen molar-refractivity contribution in [1.82, 2.24) is 4.90 Å². The van der Waals surface area contributed by atoms with E-state index < -0.39 is 0 Å². The molecular weight excluding hydrogens is 102 g/mol. The molecule has 0 radical (unpaired) electrons. The fourth-order valence-corrected chi connectivity index (χ4v) is 0.984. The molecule has 1 aliphatic rings. The summed E-state index contributed by atoms with van der Waals surface area (Å²) in [5, 5.41) is 0. The molecule has 0 spiro atoms. The molecule has 2 heteroatoms. The minimum atomic E-state index is 0.375. The topological polar surface area (TPSA) is 20.3 Å². The Hall–Kier alpha value is -0.370. The molecule has 0 unspecified atom stereocenters. The van der Waals surface area contributed by atoms with Crippen molar-refractivity contribution in [3.05, 3.63) is 0 Å². The minimum Gasteiger partial charge on any atom is -0.298 e. The third kappa shape index (κ3) is 0.892. The third-order valence-corrected chi connectivity index (χ3v) is 1.70. The van der Waals surface area contributed by atoms with Gasteiger partial charge in [0.2, 0.25) is 0 Å². The Morgan fingerprint density at radius 2 is 2.38 bits per heavy atom. The van der Waals surface area contributed by atoms with E-state index in [2.05, 4.69) is 11.8 Å². The number of rotatable bonds is 0. The zero-order valence-electron chi connectivity index (χ0n) is 5.35. The Labute approximate surface area is 49.5 Å². The number of nitrogens with zero attached hydrogens (tertiary/aromatic N) is 1. The molecule has 1 rings (SSSR count). The van der Waals surface area contributed by atoms with Crippen molar-refractivity contribution in [2.45, 2.75) is 19.4 Å². The maximum atomic E-state index is 10.6. The molecule has 0 aliphatic carbocycles. The lowest BCUT2D eigenvalue weighted by Crippen LogP contribution is -2.21. The number of hydrogen-bond donors (Lipinski definition) is 0. The fourth-order valence-electron chi connectivity index (χ4n) is 0.984. The van der Waals surface area contributed by atoms with Gasteiger partial charge in [-0.3, -0.25) is 9.69 Å². The summed E-state index contributed by atoms with van der Waals surface area (Å²) in [5.74, 6) is 0.375. The number of ketones is 1. The van der Waals surface area contributed by atoms with E-state index >= 15 is 0 Å². The third-order valence-electron chi connectivity index (χ3n) is 1.70. The largest absolute Gasteiger partial charge is 0.298 e. The van der Waals surface area contributed by atoms with Gasteiger partial charge in [0.05, 0.1) is 6.54 Å². The van der Waals surface area contributed by atoms with Gasteiger partial charge in [0, 0.05) is 12.5 Å². The van der Waals surface area contributed by atoms with Crippen LogP contribution in [-0.2, 0) is 4.79 Å². The highest BCUT2D eigenvalue weighted by Gasteiger charge is 2.22. The van der Waals surface area contributed by atoms with Gasteiger partial charge in [-0.1, -0.05) is 0 Å². The number of likely N-dealkylation sites (N-methyl/N-ethyl adjacent to an activating group) is 1. The Morgan fingerprint density at radius 3 is 2.50 bits per heavy atom. The lowest BCUT2D eigenvalue weighted by atomic mass is 10.2. The van der Waals surface area contributed by atoms with E-state index in [0.29, 0.717) is 18.4 Å². The van der Waals surface area contributed by atoms with Crippen LogP contribution in [0.1, 0.15) is 13.3 Å². The number of carbonyl (C=O) groups excluding carboxylic acids is 1. The van der Waals surface area contributed by atoms with Crippen LogP contribution in [0, 0.1) is 0 Å². The van der Waals surface area contributed by atoms with Crippen LogP contribution < -0.4 is 0 Å². The van der Waals surface area contributed by atoms with Gasteiger partial charge in [0.25, 0.3) is 0 Å². The highest BCUT2D eigenvalue weighted by Crippen LogP contribution is 2.09. The van der Waals surface area contributed by atoms with Gasteiger partial charge in [-0.25, -0.2) is 0 Å². The zero-order chi connectivity index (χ0) is 6.15. The molecule has 0 amide bonds. The van der Waals surface area contributed by atoms with Gasteiger partial charge >= 0.3 is 0 Å². The maximum Gasteiger partial charge on any atom is 0.148 e. The van der Waals surface area contributed by atoms with Crippen molar-refractivity contribution >= 4 is 5.78 Å². The fraction of sp³-hybridized carbons (Fsp3) is 0.833. The quantitative estimate of drug-likeness (QED) is 0.449. The van der Waals surface area contributed by atoms with E-state index in [9.17, 15) is 4.79 Å². The van der Waals surface area contributed by atoms with Crippen molar-refractivity contribution in [2.75, 3.05) is 13.6 Å². The lowest BCUT2D eigenvalue weighted by molar-refractivity contribution is -0.116. The van der Waals surface area contributed by atoms with Crippen LogP contribution in [0.15, 0.2) is 0 Å². The molecule has 0 aromatic heterocycles. The molecule has 1 atom stereocenters. The molecule has 0 aromatic rings. The average Bonchev–Trinajstić information content (AvgIpc) is 1.85. The molecule has 1 saturated heterocycles. The summed E-state index contributed by atoms with van der Waals surface area (Å²) in [6.45, 7) is 2.73. The van der Waals surface area contributed by atoms with Crippen LogP contribution in [0.2, 0.25) is 0 Å². The van der Waals surface area contributed by atoms with Crippen LogP contribution in [0.25, 0.3) is 0 Å². The summed E-state index contributed by atoms with van der Waals surface area (Å²) >= 11 is 0.